The third kappa shape index (κ3) is 2.55. The number of hydrogen-bond acceptors (Lipinski definition) is 4. The van der Waals surface area contributed by atoms with Gasteiger partial charge in [0.05, 0.1) is 5.56 Å². The maximum atomic E-state index is 8.83. The van der Waals surface area contributed by atoms with Crippen molar-refractivity contribution in [2.45, 2.75) is 0 Å². The van der Waals surface area contributed by atoms with Crippen molar-refractivity contribution < 1.29 is 4.74 Å². The van der Waals surface area contributed by atoms with Gasteiger partial charge in [-0.3, -0.25) is 0 Å². The van der Waals surface area contributed by atoms with Gasteiger partial charge >= 0.3 is 0 Å². The summed E-state index contributed by atoms with van der Waals surface area (Å²) in [5, 5.41) is 8.83. The van der Waals surface area contributed by atoms with Crippen LogP contribution in [-0.4, -0.2) is 4.98 Å². The Morgan fingerprint density at radius 1 is 1.35 bits per heavy atom. The number of nitrogens with two attached hydrogens (primary N) is 1. The SMILES string of the molecule is N#Cc1ccnc(Oc2cccc(Br)c2)c1N. The number of nitriles is 1. The van der Waals surface area contributed by atoms with Crippen LogP contribution in [0.5, 0.6) is 11.6 Å². The molecule has 1 heterocycles. The Kier molecular flexibility index (Phi) is 3.26. The number of rotatable bonds is 2. The quantitative estimate of drug-likeness (QED) is 0.922. The molecule has 0 atom stereocenters. The Bertz CT molecular complexity index is 593. The lowest BCUT2D eigenvalue weighted by Crippen LogP contribution is -1.97. The molecular formula is C12H8BrN3O. The predicted octanol–water partition coefficient (Wildman–Crippen LogP) is 3.09. The van der Waals surface area contributed by atoms with Gasteiger partial charge in [0.25, 0.3) is 0 Å². The van der Waals surface area contributed by atoms with Crippen LogP contribution in [0.2, 0.25) is 0 Å². The normalized spacial score (nSPS) is 9.65. The molecule has 17 heavy (non-hydrogen) atoms. The molecule has 0 aliphatic carbocycles. The Morgan fingerprint density at radius 2 is 2.18 bits per heavy atom. The molecule has 0 fully saturated rings. The first-order valence-corrected chi connectivity index (χ1v) is 5.58. The fraction of sp³-hybridized carbons (Fsp3) is 0. The Labute approximate surface area is 107 Å². The summed E-state index contributed by atoms with van der Waals surface area (Å²) in [6, 6.07) is 10.8. The molecule has 0 saturated heterocycles. The van der Waals surface area contributed by atoms with E-state index < -0.39 is 0 Å². The van der Waals surface area contributed by atoms with Gasteiger partial charge < -0.3 is 10.5 Å². The monoisotopic (exact) mass is 289 g/mol. The van der Waals surface area contributed by atoms with Crippen LogP contribution in [0.15, 0.2) is 41.0 Å². The molecule has 0 amide bonds. The average Bonchev–Trinajstić information content (AvgIpc) is 2.32. The van der Waals surface area contributed by atoms with E-state index in [0.717, 1.165) is 4.47 Å². The van der Waals surface area contributed by atoms with E-state index in [0.29, 0.717) is 11.3 Å². The zero-order valence-electron chi connectivity index (χ0n) is 8.72. The highest BCUT2D eigenvalue weighted by Crippen LogP contribution is 2.28. The largest absolute Gasteiger partial charge is 0.437 e. The van der Waals surface area contributed by atoms with Gasteiger partial charge in [0.2, 0.25) is 5.88 Å². The van der Waals surface area contributed by atoms with E-state index in [1.54, 1.807) is 18.2 Å². The molecule has 84 valence electrons. The van der Waals surface area contributed by atoms with Gasteiger partial charge in [-0.15, -0.1) is 0 Å². The third-order valence-electron chi connectivity index (χ3n) is 2.08. The molecule has 5 heteroatoms. The van der Waals surface area contributed by atoms with Gasteiger partial charge in [-0.2, -0.15) is 5.26 Å². The van der Waals surface area contributed by atoms with Crippen molar-refractivity contribution in [3.8, 4) is 17.7 Å². The van der Waals surface area contributed by atoms with Gasteiger partial charge in [-0.25, -0.2) is 4.98 Å². The molecule has 0 aliphatic heterocycles. The first-order valence-electron chi connectivity index (χ1n) is 4.78. The molecule has 0 unspecified atom stereocenters. The fourth-order valence-electron chi connectivity index (χ4n) is 1.27. The second-order valence-electron chi connectivity index (χ2n) is 3.25. The topological polar surface area (TPSA) is 71.9 Å². The van der Waals surface area contributed by atoms with E-state index >= 15 is 0 Å². The van der Waals surface area contributed by atoms with Gasteiger partial charge in [-0.1, -0.05) is 22.0 Å². The van der Waals surface area contributed by atoms with Crippen LogP contribution in [0, 0.1) is 11.3 Å². The van der Waals surface area contributed by atoms with Crippen molar-refractivity contribution in [3.05, 3.63) is 46.6 Å². The highest BCUT2D eigenvalue weighted by atomic mass is 79.9. The third-order valence-corrected chi connectivity index (χ3v) is 2.58. The van der Waals surface area contributed by atoms with Gasteiger partial charge in [-0.05, 0) is 24.3 Å². The highest BCUT2D eigenvalue weighted by Gasteiger charge is 2.08. The number of nitrogens with zero attached hydrogens (tertiary/aromatic N) is 2. The molecule has 2 rings (SSSR count). The molecule has 0 spiro atoms. The molecule has 2 aromatic rings. The number of aromatic nitrogens is 1. The molecule has 0 bridgehead atoms. The van der Waals surface area contributed by atoms with Gasteiger partial charge in [0.1, 0.15) is 17.5 Å². The lowest BCUT2D eigenvalue weighted by atomic mass is 10.2. The minimum Gasteiger partial charge on any atom is -0.437 e. The molecule has 0 saturated carbocycles. The summed E-state index contributed by atoms with van der Waals surface area (Å²) in [6.07, 6.45) is 1.49. The van der Waals surface area contributed by atoms with E-state index in [2.05, 4.69) is 20.9 Å². The lowest BCUT2D eigenvalue weighted by molar-refractivity contribution is 0.465. The van der Waals surface area contributed by atoms with E-state index in [1.165, 1.54) is 6.20 Å². The van der Waals surface area contributed by atoms with Gasteiger partial charge in [0, 0.05) is 10.7 Å². The van der Waals surface area contributed by atoms with E-state index in [4.69, 9.17) is 15.7 Å². The smallest absolute Gasteiger partial charge is 0.244 e. The summed E-state index contributed by atoms with van der Waals surface area (Å²) in [6.45, 7) is 0. The molecule has 2 N–H and O–H groups in total. The van der Waals surface area contributed by atoms with Crippen LogP contribution in [0.4, 0.5) is 5.69 Å². The number of benzene rings is 1. The highest BCUT2D eigenvalue weighted by molar-refractivity contribution is 9.10. The Balaban J connectivity index is 2.34. The van der Waals surface area contributed by atoms with Crippen molar-refractivity contribution in [2.24, 2.45) is 0 Å². The van der Waals surface area contributed by atoms with E-state index in [-0.39, 0.29) is 11.6 Å². The molecule has 1 aromatic heterocycles. The number of halogens is 1. The molecule has 4 nitrogen and oxygen atoms in total. The molecule has 0 radical (unpaired) electrons. The van der Waals surface area contributed by atoms with Crippen molar-refractivity contribution in [2.75, 3.05) is 5.73 Å². The summed E-state index contributed by atoms with van der Waals surface area (Å²) in [5.41, 5.74) is 6.36. The molecule has 0 aliphatic rings. The first-order chi connectivity index (χ1) is 8.20. The van der Waals surface area contributed by atoms with Crippen LogP contribution in [0.3, 0.4) is 0 Å². The maximum absolute atomic E-state index is 8.83. The number of ether oxygens (including phenoxy) is 1. The number of anilines is 1. The van der Waals surface area contributed by atoms with Crippen molar-refractivity contribution >= 4 is 21.6 Å². The van der Waals surface area contributed by atoms with E-state index in [1.807, 2.05) is 18.2 Å². The Hall–Kier alpha value is -2.06. The standard InChI is InChI=1S/C12H8BrN3O/c13-9-2-1-3-10(6-9)17-12-11(15)8(7-14)4-5-16-12/h1-6H,15H2. The Morgan fingerprint density at radius 3 is 2.88 bits per heavy atom. The summed E-state index contributed by atoms with van der Waals surface area (Å²) < 4.78 is 6.41. The van der Waals surface area contributed by atoms with Crippen LogP contribution in [0.25, 0.3) is 0 Å². The zero-order chi connectivity index (χ0) is 12.3. The number of hydrogen-bond donors (Lipinski definition) is 1. The average molecular weight is 290 g/mol. The van der Waals surface area contributed by atoms with Crippen LogP contribution in [-0.2, 0) is 0 Å². The summed E-state index contributed by atoms with van der Waals surface area (Å²) in [5.74, 6) is 0.843. The summed E-state index contributed by atoms with van der Waals surface area (Å²) in [4.78, 5) is 4.00. The van der Waals surface area contributed by atoms with Crippen LogP contribution in [0.1, 0.15) is 5.56 Å². The minimum atomic E-state index is 0.238. The van der Waals surface area contributed by atoms with Crippen molar-refractivity contribution in [1.82, 2.24) is 4.98 Å². The van der Waals surface area contributed by atoms with Crippen LogP contribution >= 0.6 is 15.9 Å². The second-order valence-corrected chi connectivity index (χ2v) is 4.16. The summed E-state index contributed by atoms with van der Waals surface area (Å²) in [7, 11) is 0. The predicted molar refractivity (Wildman–Crippen MR) is 67.6 cm³/mol. The van der Waals surface area contributed by atoms with Gasteiger partial charge in [0.15, 0.2) is 0 Å². The fourth-order valence-corrected chi connectivity index (χ4v) is 1.65. The zero-order valence-corrected chi connectivity index (χ0v) is 10.3. The van der Waals surface area contributed by atoms with Crippen molar-refractivity contribution in [1.29, 1.82) is 5.26 Å². The van der Waals surface area contributed by atoms with Crippen LogP contribution < -0.4 is 10.5 Å². The molecule has 1 aromatic carbocycles. The summed E-state index contributed by atoms with van der Waals surface area (Å²) >= 11 is 3.34. The maximum Gasteiger partial charge on any atom is 0.244 e. The van der Waals surface area contributed by atoms with Crippen molar-refractivity contribution in [3.63, 3.8) is 0 Å². The molecular weight excluding hydrogens is 282 g/mol. The lowest BCUT2D eigenvalue weighted by Gasteiger charge is -2.07. The second kappa shape index (κ2) is 4.85. The first kappa shape index (κ1) is 11.4. The number of pyridine rings is 1. The van der Waals surface area contributed by atoms with E-state index in [9.17, 15) is 0 Å². The number of nitrogen functional groups attached to an aromatic ring is 1. The minimum absolute atomic E-state index is 0.238.